The minimum atomic E-state index is -4.63. The van der Waals surface area contributed by atoms with Crippen molar-refractivity contribution in [3.8, 4) is 22.4 Å². The second-order valence-electron chi connectivity index (χ2n) is 8.30. The highest BCUT2D eigenvalue weighted by Gasteiger charge is 2.36. The second-order valence-corrected chi connectivity index (χ2v) is 8.30. The van der Waals surface area contributed by atoms with Crippen LogP contribution < -0.4 is 5.32 Å². The molecule has 0 fully saturated rings. The summed E-state index contributed by atoms with van der Waals surface area (Å²) in [4.78, 5) is 11.9. The molecule has 4 rings (SSSR count). The summed E-state index contributed by atoms with van der Waals surface area (Å²) in [6.45, 7) is 5.61. The monoisotopic (exact) mass is 422 g/mol. The number of fused-ring (bicyclic) bond motifs is 1. The molecule has 2 aromatic heterocycles. The molecule has 0 amide bonds. The van der Waals surface area contributed by atoms with Gasteiger partial charge in [0.15, 0.2) is 0 Å². The molecule has 2 heterocycles. The number of nitrogens with zero attached hydrogens (tertiary/aromatic N) is 3. The van der Waals surface area contributed by atoms with E-state index in [2.05, 4.69) is 20.3 Å². The molecule has 0 atom stereocenters. The van der Waals surface area contributed by atoms with Gasteiger partial charge in [0, 0.05) is 22.7 Å². The highest BCUT2D eigenvalue weighted by molar-refractivity contribution is 5.93. The lowest BCUT2D eigenvalue weighted by Crippen LogP contribution is -2.27. The van der Waals surface area contributed by atoms with E-state index >= 15 is 0 Å². The maximum atomic E-state index is 13.3. The minimum absolute atomic E-state index is 0.160. The molecule has 0 spiro atoms. The van der Waals surface area contributed by atoms with E-state index in [4.69, 9.17) is 0 Å². The molecule has 0 unspecified atom stereocenters. The Morgan fingerprint density at radius 1 is 0.774 bits per heavy atom. The van der Waals surface area contributed by atoms with Gasteiger partial charge >= 0.3 is 6.18 Å². The van der Waals surface area contributed by atoms with Crippen molar-refractivity contribution in [2.24, 2.45) is 0 Å². The van der Waals surface area contributed by atoms with E-state index in [0.717, 1.165) is 22.4 Å². The van der Waals surface area contributed by atoms with Crippen molar-refractivity contribution < 1.29 is 13.2 Å². The average molecular weight is 422 g/mol. The predicted octanol–water partition coefficient (Wildman–Crippen LogP) is 6.59. The molecule has 158 valence electrons. The highest BCUT2D eigenvalue weighted by atomic mass is 19.4. The van der Waals surface area contributed by atoms with Gasteiger partial charge < -0.3 is 5.32 Å². The smallest absolute Gasteiger partial charge is 0.365 e. The van der Waals surface area contributed by atoms with E-state index in [1.165, 1.54) is 0 Å². The fourth-order valence-corrected chi connectivity index (χ4v) is 3.28. The lowest BCUT2D eigenvalue weighted by atomic mass is 9.99. The van der Waals surface area contributed by atoms with Gasteiger partial charge in [0.05, 0.1) is 11.2 Å². The number of aromatic nitrogens is 3. The lowest BCUT2D eigenvalue weighted by Gasteiger charge is -2.23. The van der Waals surface area contributed by atoms with Gasteiger partial charge in [-0.05, 0) is 62.2 Å². The number of rotatable bonds is 3. The zero-order valence-corrected chi connectivity index (χ0v) is 17.3. The molecule has 1 N–H and O–H groups in total. The number of hydrogen-bond donors (Lipinski definition) is 1. The molecular weight excluding hydrogens is 401 g/mol. The maximum absolute atomic E-state index is 13.3. The first kappa shape index (κ1) is 20.8. The average Bonchev–Trinajstić information content (AvgIpc) is 2.72. The summed E-state index contributed by atoms with van der Waals surface area (Å²) >= 11 is 0. The molecule has 0 aliphatic carbocycles. The molecule has 4 aromatic rings. The maximum Gasteiger partial charge on any atom is 0.451 e. The van der Waals surface area contributed by atoms with Crippen LogP contribution in [0.15, 0.2) is 66.9 Å². The van der Waals surface area contributed by atoms with Crippen molar-refractivity contribution in [1.82, 2.24) is 15.0 Å². The number of benzene rings is 2. The Hall–Kier alpha value is -3.48. The van der Waals surface area contributed by atoms with Crippen LogP contribution in [0.3, 0.4) is 0 Å². The molecule has 0 bridgehead atoms. The number of anilines is 1. The van der Waals surface area contributed by atoms with Gasteiger partial charge in [-0.25, -0.2) is 9.97 Å². The Balaban J connectivity index is 1.85. The van der Waals surface area contributed by atoms with Gasteiger partial charge in [0.25, 0.3) is 0 Å². The molecule has 0 radical (unpaired) electrons. The summed E-state index contributed by atoms with van der Waals surface area (Å²) in [6.07, 6.45) is -2.89. The zero-order chi connectivity index (χ0) is 22.2. The van der Waals surface area contributed by atoms with Crippen LogP contribution in [0.5, 0.6) is 0 Å². The molecule has 2 aromatic carbocycles. The quantitative estimate of drug-likeness (QED) is 0.405. The van der Waals surface area contributed by atoms with Crippen LogP contribution in [0.2, 0.25) is 0 Å². The zero-order valence-electron chi connectivity index (χ0n) is 17.3. The van der Waals surface area contributed by atoms with Crippen LogP contribution in [-0.2, 0) is 6.18 Å². The number of pyridine rings is 1. The summed E-state index contributed by atoms with van der Waals surface area (Å²) in [5.74, 6) is -0.996. The Morgan fingerprint density at radius 3 is 2.19 bits per heavy atom. The van der Waals surface area contributed by atoms with Crippen molar-refractivity contribution in [2.75, 3.05) is 5.32 Å². The van der Waals surface area contributed by atoms with Crippen LogP contribution in [-0.4, -0.2) is 20.5 Å². The topological polar surface area (TPSA) is 50.7 Å². The van der Waals surface area contributed by atoms with Crippen LogP contribution in [0.1, 0.15) is 26.6 Å². The summed E-state index contributed by atoms with van der Waals surface area (Å²) in [7, 11) is 0. The van der Waals surface area contributed by atoms with Gasteiger partial charge in [0.1, 0.15) is 5.82 Å². The van der Waals surface area contributed by atoms with E-state index in [0.29, 0.717) is 5.39 Å². The number of halogens is 3. The van der Waals surface area contributed by atoms with Crippen LogP contribution in [0, 0.1) is 0 Å². The van der Waals surface area contributed by atoms with Crippen molar-refractivity contribution >= 4 is 16.7 Å². The highest BCUT2D eigenvalue weighted by Crippen LogP contribution is 2.34. The summed E-state index contributed by atoms with van der Waals surface area (Å²) in [6, 6.07) is 18.8. The van der Waals surface area contributed by atoms with E-state index in [1.54, 1.807) is 18.3 Å². The Kier molecular flexibility index (Phi) is 5.13. The van der Waals surface area contributed by atoms with E-state index < -0.39 is 17.5 Å². The largest absolute Gasteiger partial charge is 0.451 e. The van der Waals surface area contributed by atoms with E-state index in [9.17, 15) is 13.2 Å². The summed E-state index contributed by atoms with van der Waals surface area (Å²) in [5.41, 5.74) is 3.34. The van der Waals surface area contributed by atoms with Gasteiger partial charge in [-0.1, -0.05) is 30.3 Å². The molecule has 31 heavy (non-hydrogen) atoms. The van der Waals surface area contributed by atoms with E-state index in [1.807, 2.05) is 69.3 Å². The molecule has 7 heteroatoms. The first-order valence-corrected chi connectivity index (χ1v) is 9.79. The Bertz CT molecular complexity index is 1230. The minimum Gasteiger partial charge on any atom is -0.365 e. The third kappa shape index (κ3) is 4.66. The lowest BCUT2D eigenvalue weighted by molar-refractivity contribution is -0.144. The fraction of sp³-hybridized carbons (Fsp3) is 0.208. The SMILES string of the molecule is CC(C)(C)Nc1nc(C(F)(F)F)nc2ccc(-c3cccc(-c4ccccn4)c3)cc12. The van der Waals surface area contributed by atoms with Crippen molar-refractivity contribution in [1.29, 1.82) is 0 Å². The van der Waals surface area contributed by atoms with E-state index in [-0.39, 0.29) is 11.3 Å². The third-order valence-corrected chi connectivity index (χ3v) is 4.60. The predicted molar refractivity (Wildman–Crippen MR) is 117 cm³/mol. The first-order chi connectivity index (χ1) is 14.6. The van der Waals surface area contributed by atoms with Crippen LogP contribution in [0.4, 0.5) is 19.0 Å². The fourth-order valence-electron chi connectivity index (χ4n) is 3.28. The standard InChI is InChI=1S/C24H21F3N4/c1-23(2,3)31-21-18-14-16(10-11-20(18)29-22(30-21)24(25,26)27)15-7-6-8-17(13-15)19-9-4-5-12-28-19/h4-14H,1-3H3,(H,29,30,31). The van der Waals surface area contributed by atoms with Crippen molar-refractivity contribution in [2.45, 2.75) is 32.5 Å². The van der Waals surface area contributed by atoms with Crippen molar-refractivity contribution in [3.63, 3.8) is 0 Å². The first-order valence-electron chi connectivity index (χ1n) is 9.79. The molecule has 0 saturated carbocycles. The summed E-state index contributed by atoms with van der Waals surface area (Å²) in [5, 5.41) is 3.62. The third-order valence-electron chi connectivity index (χ3n) is 4.60. The summed E-state index contributed by atoms with van der Waals surface area (Å²) < 4.78 is 40.0. The number of alkyl halides is 3. The van der Waals surface area contributed by atoms with Crippen LogP contribution in [0.25, 0.3) is 33.3 Å². The molecule has 0 aliphatic heterocycles. The molecule has 4 nitrogen and oxygen atoms in total. The number of nitrogens with one attached hydrogen (secondary N) is 1. The van der Waals surface area contributed by atoms with Gasteiger partial charge in [-0.15, -0.1) is 0 Å². The van der Waals surface area contributed by atoms with Crippen LogP contribution >= 0.6 is 0 Å². The Morgan fingerprint density at radius 2 is 1.52 bits per heavy atom. The van der Waals surface area contributed by atoms with Crippen molar-refractivity contribution in [3.05, 3.63) is 72.7 Å². The van der Waals surface area contributed by atoms with Gasteiger partial charge in [0.2, 0.25) is 5.82 Å². The van der Waals surface area contributed by atoms with Gasteiger partial charge in [-0.3, -0.25) is 4.98 Å². The number of hydrogen-bond acceptors (Lipinski definition) is 4. The molecular formula is C24H21F3N4. The normalized spacial score (nSPS) is 12.2. The molecule has 0 aliphatic rings. The van der Waals surface area contributed by atoms with Gasteiger partial charge in [-0.2, -0.15) is 13.2 Å². The second kappa shape index (κ2) is 7.65. The molecule has 0 saturated heterocycles. The Labute approximate surface area is 178 Å².